The Bertz CT molecular complexity index is 983. The minimum absolute atomic E-state index is 0.176. The third kappa shape index (κ3) is 3.34. The number of hydrogen-bond acceptors (Lipinski definition) is 5. The van der Waals surface area contributed by atoms with Crippen LogP contribution in [0.5, 0.6) is 0 Å². The molecule has 3 rings (SSSR count). The predicted molar refractivity (Wildman–Crippen MR) is 100 cm³/mol. The molecular formula is C18H18N6OS. The van der Waals surface area contributed by atoms with Crippen molar-refractivity contribution in [3.05, 3.63) is 53.5 Å². The number of rotatable bonds is 5. The second-order valence-electron chi connectivity index (χ2n) is 5.78. The fourth-order valence-electron chi connectivity index (χ4n) is 2.66. The molecule has 0 atom stereocenters. The van der Waals surface area contributed by atoms with Gasteiger partial charge in [0.15, 0.2) is 5.16 Å². The Morgan fingerprint density at radius 3 is 2.65 bits per heavy atom. The van der Waals surface area contributed by atoms with Crippen molar-refractivity contribution < 1.29 is 4.79 Å². The van der Waals surface area contributed by atoms with Crippen LogP contribution in [0, 0.1) is 25.2 Å². The number of carbonyl (C=O) groups excluding carboxylic acids is 1. The molecule has 0 unspecified atom stereocenters. The van der Waals surface area contributed by atoms with E-state index in [0.717, 1.165) is 16.9 Å². The first-order valence-electron chi connectivity index (χ1n) is 7.97. The third-order valence-corrected chi connectivity index (χ3v) is 5.13. The third-order valence-electron chi connectivity index (χ3n) is 4.10. The number of thioether (sulfide) groups is 1. The Morgan fingerprint density at radius 1 is 1.31 bits per heavy atom. The van der Waals surface area contributed by atoms with E-state index in [1.165, 1.54) is 11.8 Å². The number of benzene rings is 1. The molecule has 132 valence electrons. The van der Waals surface area contributed by atoms with Gasteiger partial charge in [0.05, 0.1) is 11.3 Å². The zero-order chi connectivity index (χ0) is 18.7. The highest BCUT2D eigenvalue weighted by Gasteiger charge is 2.20. The number of para-hydroxylation sites is 1. The monoisotopic (exact) mass is 366 g/mol. The van der Waals surface area contributed by atoms with E-state index in [9.17, 15) is 10.1 Å². The summed E-state index contributed by atoms with van der Waals surface area (Å²) in [6.45, 7) is 3.82. The molecule has 2 aromatic heterocycles. The van der Waals surface area contributed by atoms with Crippen LogP contribution >= 0.6 is 11.8 Å². The van der Waals surface area contributed by atoms with Gasteiger partial charge in [0.1, 0.15) is 18.2 Å². The van der Waals surface area contributed by atoms with Gasteiger partial charge in [-0.3, -0.25) is 9.36 Å². The Morgan fingerprint density at radius 2 is 2.04 bits per heavy atom. The van der Waals surface area contributed by atoms with Crippen molar-refractivity contribution in [2.45, 2.75) is 19.0 Å². The van der Waals surface area contributed by atoms with Gasteiger partial charge in [0, 0.05) is 18.4 Å². The molecule has 8 heteroatoms. The summed E-state index contributed by atoms with van der Waals surface area (Å²) in [5.41, 5.74) is 3.14. The molecule has 0 saturated heterocycles. The van der Waals surface area contributed by atoms with E-state index < -0.39 is 0 Å². The first-order chi connectivity index (χ1) is 12.5. The zero-order valence-corrected chi connectivity index (χ0v) is 15.5. The van der Waals surface area contributed by atoms with E-state index in [4.69, 9.17) is 0 Å². The first kappa shape index (κ1) is 17.8. The first-order valence-corrected chi connectivity index (χ1v) is 8.95. The zero-order valence-electron chi connectivity index (χ0n) is 14.7. The molecule has 0 aliphatic heterocycles. The Labute approximate surface area is 155 Å². The van der Waals surface area contributed by atoms with E-state index in [0.29, 0.717) is 16.5 Å². The highest BCUT2D eigenvalue weighted by molar-refractivity contribution is 7.99. The number of amides is 1. The smallest absolute Gasteiger partial charge is 0.236 e. The van der Waals surface area contributed by atoms with E-state index in [-0.39, 0.29) is 11.7 Å². The SMILES string of the molecule is Cc1c(C#N)c(NC(=O)CSc2nncn2C)n(-c2ccccc2)c1C. The number of aromatic nitrogens is 4. The standard InChI is InChI=1S/C18H18N6OS/c1-12-13(2)24(14-7-5-4-6-8-14)17(15(12)9-19)21-16(25)10-26-18-22-20-11-23(18)3/h4-8,11H,10H2,1-3H3,(H,21,25). The van der Waals surface area contributed by atoms with Gasteiger partial charge < -0.3 is 9.88 Å². The molecule has 0 aliphatic rings. The number of nitriles is 1. The van der Waals surface area contributed by atoms with Crippen molar-refractivity contribution in [1.29, 1.82) is 5.26 Å². The minimum atomic E-state index is -0.204. The average molecular weight is 366 g/mol. The highest BCUT2D eigenvalue weighted by atomic mass is 32.2. The van der Waals surface area contributed by atoms with Crippen molar-refractivity contribution in [2.75, 3.05) is 11.1 Å². The number of nitrogens with one attached hydrogen (secondary N) is 1. The summed E-state index contributed by atoms with van der Waals surface area (Å²) in [5, 5.41) is 20.9. The maximum atomic E-state index is 12.5. The lowest BCUT2D eigenvalue weighted by Gasteiger charge is -2.13. The van der Waals surface area contributed by atoms with E-state index in [2.05, 4.69) is 21.6 Å². The molecule has 3 aromatic rings. The molecule has 0 fully saturated rings. The molecule has 0 saturated carbocycles. The van der Waals surface area contributed by atoms with Gasteiger partial charge >= 0.3 is 0 Å². The van der Waals surface area contributed by atoms with Gasteiger partial charge in [-0.1, -0.05) is 30.0 Å². The van der Waals surface area contributed by atoms with Crippen molar-refractivity contribution >= 4 is 23.5 Å². The van der Waals surface area contributed by atoms with E-state index >= 15 is 0 Å². The van der Waals surface area contributed by atoms with Crippen LogP contribution in [-0.2, 0) is 11.8 Å². The number of nitrogens with zero attached hydrogens (tertiary/aromatic N) is 5. The lowest BCUT2D eigenvalue weighted by molar-refractivity contribution is -0.113. The summed E-state index contributed by atoms with van der Waals surface area (Å²) < 4.78 is 3.65. The molecule has 26 heavy (non-hydrogen) atoms. The summed E-state index contributed by atoms with van der Waals surface area (Å²) in [6.07, 6.45) is 1.58. The summed E-state index contributed by atoms with van der Waals surface area (Å²) in [5.74, 6) is 0.469. The summed E-state index contributed by atoms with van der Waals surface area (Å²) >= 11 is 1.29. The van der Waals surface area contributed by atoms with Crippen LogP contribution in [0.1, 0.15) is 16.8 Å². The molecule has 0 spiro atoms. The maximum Gasteiger partial charge on any atom is 0.236 e. The maximum absolute atomic E-state index is 12.5. The fraction of sp³-hybridized carbons (Fsp3) is 0.222. The van der Waals surface area contributed by atoms with Crippen LogP contribution in [0.3, 0.4) is 0 Å². The molecule has 2 heterocycles. The van der Waals surface area contributed by atoms with Crippen molar-refractivity contribution in [3.63, 3.8) is 0 Å². The van der Waals surface area contributed by atoms with E-state index in [1.54, 1.807) is 10.9 Å². The average Bonchev–Trinajstić information content (AvgIpc) is 3.15. The lowest BCUT2D eigenvalue weighted by Crippen LogP contribution is -2.18. The van der Waals surface area contributed by atoms with Crippen molar-refractivity contribution in [2.24, 2.45) is 7.05 Å². The van der Waals surface area contributed by atoms with Gasteiger partial charge in [-0.15, -0.1) is 10.2 Å². The molecule has 7 nitrogen and oxygen atoms in total. The quantitative estimate of drug-likeness (QED) is 0.702. The second-order valence-corrected chi connectivity index (χ2v) is 6.72. The number of anilines is 1. The molecule has 1 amide bonds. The molecular weight excluding hydrogens is 348 g/mol. The lowest BCUT2D eigenvalue weighted by atomic mass is 10.2. The molecule has 1 N–H and O–H groups in total. The fourth-order valence-corrected chi connectivity index (χ4v) is 3.35. The van der Waals surface area contributed by atoms with Crippen LogP contribution in [0.4, 0.5) is 5.82 Å². The Balaban J connectivity index is 1.89. The van der Waals surface area contributed by atoms with Crippen LogP contribution in [0.15, 0.2) is 41.8 Å². The van der Waals surface area contributed by atoms with Gasteiger partial charge in [-0.05, 0) is 31.5 Å². The largest absolute Gasteiger partial charge is 0.312 e. The van der Waals surface area contributed by atoms with Gasteiger partial charge in [0.25, 0.3) is 0 Å². The number of aryl methyl sites for hydroxylation is 1. The van der Waals surface area contributed by atoms with Crippen molar-refractivity contribution in [3.8, 4) is 11.8 Å². The van der Waals surface area contributed by atoms with Gasteiger partial charge in [-0.2, -0.15) is 5.26 Å². The minimum Gasteiger partial charge on any atom is -0.312 e. The predicted octanol–water partition coefficient (Wildman–Crippen LogP) is 2.83. The molecule has 0 bridgehead atoms. The van der Waals surface area contributed by atoms with Crippen LogP contribution in [0.2, 0.25) is 0 Å². The van der Waals surface area contributed by atoms with Gasteiger partial charge in [0.2, 0.25) is 5.91 Å². The summed E-state index contributed by atoms with van der Waals surface area (Å²) in [7, 11) is 1.82. The second kappa shape index (κ2) is 7.45. The van der Waals surface area contributed by atoms with Crippen LogP contribution in [-0.4, -0.2) is 31.0 Å². The topological polar surface area (TPSA) is 88.5 Å². The van der Waals surface area contributed by atoms with Crippen LogP contribution in [0.25, 0.3) is 5.69 Å². The van der Waals surface area contributed by atoms with Gasteiger partial charge in [-0.25, -0.2) is 0 Å². The summed E-state index contributed by atoms with van der Waals surface area (Å²) in [6, 6.07) is 11.9. The number of carbonyl (C=O) groups is 1. The van der Waals surface area contributed by atoms with Crippen LogP contribution < -0.4 is 5.32 Å². The Hall–Kier alpha value is -3.05. The summed E-state index contributed by atoms with van der Waals surface area (Å²) in [4.78, 5) is 12.5. The molecule has 0 aliphatic carbocycles. The highest BCUT2D eigenvalue weighted by Crippen LogP contribution is 2.30. The normalized spacial score (nSPS) is 10.5. The number of hydrogen-bond donors (Lipinski definition) is 1. The van der Waals surface area contributed by atoms with E-state index in [1.807, 2.05) is 55.8 Å². The Kier molecular flexibility index (Phi) is 5.09. The molecule has 0 radical (unpaired) electrons. The molecule has 1 aromatic carbocycles. The van der Waals surface area contributed by atoms with Crippen molar-refractivity contribution in [1.82, 2.24) is 19.3 Å².